The molecule has 1 unspecified atom stereocenters. The number of carbonyl (C=O) groups excluding carboxylic acids is 1. The highest BCUT2D eigenvalue weighted by Crippen LogP contribution is 2.17. The Labute approximate surface area is 168 Å². The second-order valence-electron chi connectivity index (χ2n) is 7.26. The standard InChI is InChI=1S/C22H24N4O3/c1-16-5-7-17(8-6-16)19(15-25-10-12-29-13-11-25)24-21(27)18-14-23-20-4-2-3-9-26(20)22(18)28/h2-9,14,19H,10-13,15H2,1H3,(H,24,27). The number of morpholine rings is 1. The summed E-state index contributed by atoms with van der Waals surface area (Å²) in [4.78, 5) is 32.3. The Morgan fingerprint density at radius 3 is 2.69 bits per heavy atom. The molecule has 1 fully saturated rings. The fraction of sp³-hybridized carbons (Fsp3) is 0.318. The monoisotopic (exact) mass is 392 g/mol. The summed E-state index contributed by atoms with van der Waals surface area (Å²) in [6.45, 7) is 5.69. The van der Waals surface area contributed by atoms with Crippen LogP contribution in [0.2, 0.25) is 0 Å². The van der Waals surface area contributed by atoms with Crippen LogP contribution in [-0.4, -0.2) is 53.0 Å². The van der Waals surface area contributed by atoms with Gasteiger partial charge in [-0.2, -0.15) is 0 Å². The quantitative estimate of drug-likeness (QED) is 0.717. The smallest absolute Gasteiger partial charge is 0.270 e. The van der Waals surface area contributed by atoms with Crippen LogP contribution in [0.3, 0.4) is 0 Å². The van der Waals surface area contributed by atoms with Crippen molar-refractivity contribution in [3.05, 3.63) is 81.9 Å². The molecule has 2 aromatic heterocycles. The molecule has 29 heavy (non-hydrogen) atoms. The lowest BCUT2D eigenvalue weighted by molar-refractivity contribution is 0.0332. The number of hydrogen-bond donors (Lipinski definition) is 1. The number of ether oxygens (including phenoxy) is 1. The van der Waals surface area contributed by atoms with Crippen LogP contribution >= 0.6 is 0 Å². The minimum absolute atomic E-state index is 0.0350. The van der Waals surface area contributed by atoms with E-state index in [4.69, 9.17) is 4.74 Å². The van der Waals surface area contributed by atoms with Crippen molar-refractivity contribution in [3.8, 4) is 0 Å². The zero-order chi connectivity index (χ0) is 20.2. The van der Waals surface area contributed by atoms with Crippen LogP contribution in [0.5, 0.6) is 0 Å². The van der Waals surface area contributed by atoms with Crippen LogP contribution in [0.1, 0.15) is 27.5 Å². The van der Waals surface area contributed by atoms with Crippen molar-refractivity contribution in [2.24, 2.45) is 0 Å². The van der Waals surface area contributed by atoms with Crippen molar-refractivity contribution >= 4 is 11.6 Å². The van der Waals surface area contributed by atoms with Gasteiger partial charge in [0.2, 0.25) is 0 Å². The second-order valence-corrected chi connectivity index (χ2v) is 7.26. The number of carbonyl (C=O) groups is 1. The molecular formula is C22H24N4O3. The van der Waals surface area contributed by atoms with Crippen molar-refractivity contribution in [1.29, 1.82) is 0 Å². The van der Waals surface area contributed by atoms with E-state index in [1.165, 1.54) is 10.6 Å². The maximum Gasteiger partial charge on any atom is 0.270 e. The predicted octanol–water partition coefficient (Wildman–Crippen LogP) is 1.81. The van der Waals surface area contributed by atoms with E-state index in [2.05, 4.69) is 15.2 Å². The molecule has 3 heterocycles. The molecule has 1 atom stereocenters. The molecule has 4 rings (SSSR count). The number of fused-ring (bicyclic) bond motifs is 1. The Morgan fingerprint density at radius 1 is 1.17 bits per heavy atom. The Kier molecular flexibility index (Phi) is 5.69. The molecule has 7 heteroatoms. The molecule has 7 nitrogen and oxygen atoms in total. The van der Waals surface area contributed by atoms with Crippen molar-refractivity contribution in [3.63, 3.8) is 0 Å². The Morgan fingerprint density at radius 2 is 1.93 bits per heavy atom. The van der Waals surface area contributed by atoms with E-state index < -0.39 is 5.91 Å². The number of aromatic nitrogens is 2. The molecule has 150 valence electrons. The number of pyridine rings is 1. The number of benzene rings is 1. The second kappa shape index (κ2) is 8.55. The average Bonchev–Trinajstić information content (AvgIpc) is 2.75. The molecule has 0 aliphatic carbocycles. The first-order valence-electron chi connectivity index (χ1n) is 9.76. The molecule has 1 aliphatic rings. The Bertz CT molecular complexity index is 1060. The van der Waals surface area contributed by atoms with Gasteiger partial charge in [0.15, 0.2) is 0 Å². The fourth-order valence-corrected chi connectivity index (χ4v) is 3.49. The number of aryl methyl sites for hydroxylation is 1. The highest BCUT2D eigenvalue weighted by Gasteiger charge is 2.22. The summed E-state index contributed by atoms with van der Waals surface area (Å²) in [6.07, 6.45) is 2.97. The van der Waals surface area contributed by atoms with Gasteiger partial charge in [-0.15, -0.1) is 0 Å². The van der Waals surface area contributed by atoms with E-state index in [9.17, 15) is 9.59 Å². The van der Waals surface area contributed by atoms with Gasteiger partial charge < -0.3 is 10.1 Å². The molecule has 3 aromatic rings. The average molecular weight is 392 g/mol. The van der Waals surface area contributed by atoms with E-state index >= 15 is 0 Å². The Balaban J connectivity index is 1.61. The lowest BCUT2D eigenvalue weighted by Crippen LogP contribution is -2.44. The van der Waals surface area contributed by atoms with Gasteiger partial charge in [-0.3, -0.25) is 18.9 Å². The highest BCUT2D eigenvalue weighted by molar-refractivity contribution is 5.94. The largest absolute Gasteiger partial charge is 0.379 e. The van der Waals surface area contributed by atoms with Crippen LogP contribution < -0.4 is 10.9 Å². The maximum absolute atomic E-state index is 13.0. The zero-order valence-corrected chi connectivity index (χ0v) is 16.4. The summed E-state index contributed by atoms with van der Waals surface area (Å²) in [7, 11) is 0. The fourth-order valence-electron chi connectivity index (χ4n) is 3.49. The van der Waals surface area contributed by atoms with Gasteiger partial charge in [-0.1, -0.05) is 35.9 Å². The van der Waals surface area contributed by atoms with Gasteiger partial charge in [0.1, 0.15) is 11.2 Å². The minimum Gasteiger partial charge on any atom is -0.379 e. The highest BCUT2D eigenvalue weighted by atomic mass is 16.5. The van der Waals surface area contributed by atoms with Gasteiger partial charge in [0, 0.05) is 32.0 Å². The third kappa shape index (κ3) is 4.36. The topological polar surface area (TPSA) is 75.9 Å². The van der Waals surface area contributed by atoms with E-state index in [-0.39, 0.29) is 17.2 Å². The SMILES string of the molecule is Cc1ccc(C(CN2CCOCC2)NC(=O)c2cnc3ccccn3c2=O)cc1. The van der Waals surface area contributed by atoms with Crippen molar-refractivity contribution in [2.75, 3.05) is 32.8 Å². The summed E-state index contributed by atoms with van der Waals surface area (Å²) < 4.78 is 6.82. The molecule has 0 bridgehead atoms. The molecule has 0 radical (unpaired) electrons. The molecular weight excluding hydrogens is 368 g/mol. The van der Waals surface area contributed by atoms with Crippen molar-refractivity contribution in [2.45, 2.75) is 13.0 Å². The number of hydrogen-bond acceptors (Lipinski definition) is 5. The minimum atomic E-state index is -0.417. The molecule has 1 N–H and O–H groups in total. The van der Waals surface area contributed by atoms with Crippen molar-refractivity contribution < 1.29 is 9.53 Å². The van der Waals surface area contributed by atoms with Gasteiger partial charge >= 0.3 is 0 Å². The molecule has 0 spiro atoms. The Hall–Kier alpha value is -3.03. The first-order chi connectivity index (χ1) is 14.1. The molecule has 1 aromatic carbocycles. The van der Waals surface area contributed by atoms with Gasteiger partial charge in [-0.25, -0.2) is 4.98 Å². The summed E-state index contributed by atoms with van der Waals surface area (Å²) in [5.41, 5.74) is 2.33. The first kappa shape index (κ1) is 19.3. The molecule has 1 saturated heterocycles. The molecule has 1 aliphatic heterocycles. The van der Waals surface area contributed by atoms with E-state index in [0.717, 1.165) is 24.2 Å². The number of rotatable bonds is 5. The van der Waals surface area contributed by atoms with Crippen LogP contribution in [0.4, 0.5) is 0 Å². The van der Waals surface area contributed by atoms with Gasteiger partial charge in [0.25, 0.3) is 11.5 Å². The number of nitrogens with zero attached hydrogens (tertiary/aromatic N) is 3. The van der Waals surface area contributed by atoms with Crippen LogP contribution in [0, 0.1) is 6.92 Å². The number of nitrogens with one attached hydrogen (secondary N) is 1. The summed E-state index contributed by atoms with van der Waals surface area (Å²) >= 11 is 0. The number of amides is 1. The third-order valence-electron chi connectivity index (χ3n) is 5.19. The maximum atomic E-state index is 13.0. The third-order valence-corrected chi connectivity index (χ3v) is 5.19. The summed E-state index contributed by atoms with van der Waals surface area (Å²) in [6, 6.07) is 13.1. The normalized spacial score (nSPS) is 15.9. The zero-order valence-electron chi connectivity index (χ0n) is 16.4. The lowest BCUT2D eigenvalue weighted by atomic mass is 10.0. The predicted molar refractivity (Wildman–Crippen MR) is 110 cm³/mol. The van der Waals surface area contributed by atoms with Gasteiger partial charge in [-0.05, 0) is 24.6 Å². The van der Waals surface area contributed by atoms with E-state index in [1.54, 1.807) is 24.4 Å². The van der Waals surface area contributed by atoms with Crippen LogP contribution in [-0.2, 0) is 4.74 Å². The van der Waals surface area contributed by atoms with Crippen LogP contribution in [0.25, 0.3) is 5.65 Å². The van der Waals surface area contributed by atoms with Crippen molar-refractivity contribution in [1.82, 2.24) is 19.6 Å². The van der Waals surface area contributed by atoms with E-state index in [0.29, 0.717) is 25.4 Å². The van der Waals surface area contributed by atoms with Crippen LogP contribution in [0.15, 0.2) is 59.7 Å². The van der Waals surface area contributed by atoms with Gasteiger partial charge in [0.05, 0.1) is 19.3 Å². The summed E-state index contributed by atoms with van der Waals surface area (Å²) in [5.74, 6) is -0.417. The molecule has 1 amide bonds. The first-order valence-corrected chi connectivity index (χ1v) is 9.76. The van der Waals surface area contributed by atoms with E-state index in [1.807, 2.05) is 31.2 Å². The lowest BCUT2D eigenvalue weighted by Gasteiger charge is -2.31. The summed E-state index contributed by atoms with van der Waals surface area (Å²) in [5, 5.41) is 3.05. The molecule has 0 saturated carbocycles.